The molecule has 0 unspecified atom stereocenters. The van der Waals surface area contributed by atoms with Crippen LogP contribution in [0.4, 0.5) is 0 Å². The molecule has 1 N–H and O–H groups in total. The molecule has 1 atom stereocenters. The number of rotatable bonds is 2. The molecule has 14 heavy (non-hydrogen) atoms. The second-order valence-corrected chi connectivity index (χ2v) is 3.24. The Hall–Kier alpha value is -1.62. The lowest BCUT2D eigenvalue weighted by atomic mass is 10.4. The molecular weight excluding hydrogens is 182 g/mol. The van der Waals surface area contributed by atoms with E-state index in [1.807, 2.05) is 6.07 Å². The molecule has 0 saturated heterocycles. The highest BCUT2D eigenvalue weighted by Crippen LogP contribution is 1.95. The van der Waals surface area contributed by atoms with E-state index < -0.39 is 6.10 Å². The highest BCUT2D eigenvalue weighted by Gasteiger charge is 2.07. The lowest BCUT2D eigenvalue weighted by Crippen LogP contribution is -2.25. The summed E-state index contributed by atoms with van der Waals surface area (Å²) in [5.41, 5.74) is 0.375. The molecule has 0 radical (unpaired) electrons. The minimum absolute atomic E-state index is 0.221. The number of aliphatic hydroxyl groups excluding tert-OH is 1. The summed E-state index contributed by atoms with van der Waals surface area (Å²) in [6.45, 7) is 1.84. The van der Waals surface area contributed by atoms with Crippen molar-refractivity contribution in [2.75, 3.05) is 0 Å². The van der Waals surface area contributed by atoms with E-state index in [1.54, 1.807) is 25.3 Å². The molecule has 0 bridgehead atoms. The topological polar surface area (TPSA) is 59.5 Å². The first kappa shape index (κ1) is 8.96. The van der Waals surface area contributed by atoms with Gasteiger partial charge in [0.2, 0.25) is 0 Å². The minimum atomic E-state index is -0.572. The Bertz CT molecular complexity index is 498. The van der Waals surface area contributed by atoms with Crippen molar-refractivity contribution in [3.63, 3.8) is 0 Å². The molecule has 2 aromatic heterocycles. The third kappa shape index (κ3) is 1.42. The van der Waals surface area contributed by atoms with Gasteiger partial charge in [0, 0.05) is 6.20 Å². The molecule has 0 aliphatic heterocycles. The van der Waals surface area contributed by atoms with Crippen LogP contribution in [0.5, 0.6) is 0 Å². The van der Waals surface area contributed by atoms with Gasteiger partial charge >= 0.3 is 5.69 Å². The van der Waals surface area contributed by atoms with Crippen LogP contribution < -0.4 is 5.69 Å². The van der Waals surface area contributed by atoms with Crippen LogP contribution in [0, 0.1) is 0 Å². The van der Waals surface area contributed by atoms with Gasteiger partial charge in [-0.1, -0.05) is 6.07 Å². The van der Waals surface area contributed by atoms with Crippen LogP contribution in [0.15, 0.2) is 29.2 Å². The molecule has 0 saturated carbocycles. The fourth-order valence-electron chi connectivity index (χ4n) is 1.34. The molecule has 0 spiro atoms. The van der Waals surface area contributed by atoms with E-state index in [0.29, 0.717) is 5.65 Å². The van der Waals surface area contributed by atoms with E-state index in [4.69, 9.17) is 5.11 Å². The smallest absolute Gasteiger partial charge is 0.350 e. The van der Waals surface area contributed by atoms with Gasteiger partial charge in [-0.2, -0.15) is 0 Å². The van der Waals surface area contributed by atoms with E-state index in [0.717, 1.165) is 0 Å². The molecule has 0 fully saturated rings. The first-order chi connectivity index (χ1) is 6.68. The average molecular weight is 193 g/mol. The monoisotopic (exact) mass is 193 g/mol. The average Bonchev–Trinajstić information content (AvgIpc) is 2.44. The molecule has 74 valence electrons. The molecule has 0 aromatic carbocycles. The number of hydrogen-bond donors (Lipinski definition) is 1. The van der Waals surface area contributed by atoms with E-state index >= 15 is 0 Å². The molecule has 2 heterocycles. The maximum atomic E-state index is 11.6. The maximum Gasteiger partial charge on any atom is 0.350 e. The van der Waals surface area contributed by atoms with Crippen LogP contribution in [0.25, 0.3) is 5.65 Å². The maximum absolute atomic E-state index is 11.6. The summed E-state index contributed by atoms with van der Waals surface area (Å²) in [6, 6.07) is 5.33. The largest absolute Gasteiger partial charge is 0.391 e. The number of aromatic nitrogens is 3. The Labute approximate surface area is 80.2 Å². The van der Waals surface area contributed by atoms with Crippen molar-refractivity contribution >= 4 is 5.65 Å². The molecule has 2 rings (SSSR count). The Morgan fingerprint density at radius 2 is 2.36 bits per heavy atom. The summed E-state index contributed by atoms with van der Waals surface area (Å²) in [5, 5.41) is 13.2. The first-order valence-electron chi connectivity index (χ1n) is 4.41. The Kier molecular flexibility index (Phi) is 2.09. The second kappa shape index (κ2) is 3.26. The van der Waals surface area contributed by atoms with Gasteiger partial charge in [0.15, 0.2) is 5.65 Å². The summed E-state index contributed by atoms with van der Waals surface area (Å²) in [4.78, 5) is 11.6. The fourth-order valence-corrected chi connectivity index (χ4v) is 1.34. The lowest BCUT2D eigenvalue weighted by molar-refractivity contribution is 0.167. The Morgan fingerprint density at radius 1 is 1.57 bits per heavy atom. The zero-order chi connectivity index (χ0) is 10.1. The van der Waals surface area contributed by atoms with E-state index in [-0.39, 0.29) is 12.2 Å². The van der Waals surface area contributed by atoms with E-state index in [1.165, 1.54) is 9.08 Å². The van der Waals surface area contributed by atoms with Gasteiger partial charge in [-0.25, -0.2) is 9.48 Å². The van der Waals surface area contributed by atoms with E-state index in [2.05, 4.69) is 5.10 Å². The van der Waals surface area contributed by atoms with Gasteiger partial charge < -0.3 is 5.11 Å². The summed E-state index contributed by atoms with van der Waals surface area (Å²) in [5.74, 6) is 0. The van der Waals surface area contributed by atoms with Gasteiger partial charge in [-0.15, -0.1) is 5.10 Å². The van der Waals surface area contributed by atoms with Crippen LogP contribution in [-0.2, 0) is 6.54 Å². The second-order valence-electron chi connectivity index (χ2n) is 3.24. The third-order valence-electron chi connectivity index (χ3n) is 1.93. The summed E-state index contributed by atoms with van der Waals surface area (Å²) in [6.07, 6.45) is 1.08. The van der Waals surface area contributed by atoms with Crippen LogP contribution in [-0.4, -0.2) is 25.4 Å². The zero-order valence-electron chi connectivity index (χ0n) is 7.79. The van der Waals surface area contributed by atoms with Crippen molar-refractivity contribution in [2.24, 2.45) is 0 Å². The summed E-state index contributed by atoms with van der Waals surface area (Å²) >= 11 is 0. The van der Waals surface area contributed by atoms with Gasteiger partial charge in [0.25, 0.3) is 0 Å². The number of hydrogen-bond acceptors (Lipinski definition) is 3. The Balaban J connectivity index is 2.57. The SMILES string of the molecule is C[C@@H](O)Cn1nc2ccccn2c1=O. The highest BCUT2D eigenvalue weighted by molar-refractivity contribution is 5.35. The van der Waals surface area contributed by atoms with Gasteiger partial charge in [-0.3, -0.25) is 4.40 Å². The third-order valence-corrected chi connectivity index (χ3v) is 1.93. The molecule has 2 aromatic rings. The predicted octanol–water partition coefficient (Wildman–Crippen LogP) is -0.123. The molecule has 5 nitrogen and oxygen atoms in total. The quantitative estimate of drug-likeness (QED) is 0.723. The van der Waals surface area contributed by atoms with Crippen molar-refractivity contribution < 1.29 is 5.11 Å². The number of fused-ring (bicyclic) bond motifs is 1. The van der Waals surface area contributed by atoms with Crippen LogP contribution >= 0.6 is 0 Å². The van der Waals surface area contributed by atoms with Crippen LogP contribution in [0.3, 0.4) is 0 Å². The van der Waals surface area contributed by atoms with Crippen molar-refractivity contribution in [3.05, 3.63) is 34.9 Å². The number of nitrogens with zero attached hydrogens (tertiary/aromatic N) is 3. The van der Waals surface area contributed by atoms with Crippen molar-refractivity contribution in [1.82, 2.24) is 14.2 Å². The lowest BCUT2D eigenvalue weighted by Gasteiger charge is -2.00. The molecule has 0 amide bonds. The number of aliphatic hydroxyl groups is 1. The summed E-state index contributed by atoms with van der Waals surface area (Å²) in [7, 11) is 0. The first-order valence-corrected chi connectivity index (χ1v) is 4.41. The van der Waals surface area contributed by atoms with Crippen molar-refractivity contribution in [1.29, 1.82) is 0 Å². The van der Waals surface area contributed by atoms with Crippen molar-refractivity contribution in [3.8, 4) is 0 Å². The minimum Gasteiger partial charge on any atom is -0.391 e. The molecule has 5 heteroatoms. The normalized spacial score (nSPS) is 13.3. The molecular formula is C9H11N3O2. The fraction of sp³-hybridized carbons (Fsp3) is 0.333. The molecule has 0 aliphatic rings. The zero-order valence-corrected chi connectivity index (χ0v) is 7.79. The van der Waals surface area contributed by atoms with E-state index in [9.17, 15) is 4.79 Å². The van der Waals surface area contributed by atoms with Gasteiger partial charge in [0.05, 0.1) is 12.6 Å². The number of pyridine rings is 1. The standard InChI is InChI=1S/C9H11N3O2/c1-7(13)6-12-9(14)11-5-3-2-4-8(11)10-12/h2-5,7,13H,6H2,1H3/t7-/m1/s1. The van der Waals surface area contributed by atoms with Crippen molar-refractivity contribution in [2.45, 2.75) is 19.6 Å². The van der Waals surface area contributed by atoms with Crippen LogP contribution in [0.1, 0.15) is 6.92 Å². The van der Waals surface area contributed by atoms with Crippen LogP contribution in [0.2, 0.25) is 0 Å². The molecule has 0 aliphatic carbocycles. The predicted molar refractivity (Wildman–Crippen MR) is 51.1 cm³/mol. The highest BCUT2D eigenvalue weighted by atomic mass is 16.3. The Morgan fingerprint density at radius 3 is 3.00 bits per heavy atom. The van der Waals surface area contributed by atoms with Gasteiger partial charge in [0.1, 0.15) is 0 Å². The van der Waals surface area contributed by atoms with Gasteiger partial charge in [-0.05, 0) is 19.1 Å². The summed E-state index contributed by atoms with van der Waals surface area (Å²) < 4.78 is 2.71.